The van der Waals surface area contributed by atoms with Gasteiger partial charge in [0.25, 0.3) is 0 Å². The minimum absolute atomic E-state index is 0. The van der Waals surface area contributed by atoms with Gasteiger partial charge in [-0.15, -0.1) is 24.0 Å². The number of rotatable bonds is 8. The van der Waals surface area contributed by atoms with Crippen molar-refractivity contribution in [3.05, 3.63) is 17.7 Å². The van der Waals surface area contributed by atoms with Crippen molar-refractivity contribution in [2.75, 3.05) is 40.3 Å². The van der Waals surface area contributed by atoms with E-state index in [2.05, 4.69) is 5.32 Å². The molecule has 0 unspecified atom stereocenters. The molecular weight excluding hydrogens is 289 g/mol. The van der Waals surface area contributed by atoms with E-state index in [1.165, 1.54) is 0 Å². The Bertz CT molecular complexity index is 350. The molecule has 19 heavy (non-hydrogen) atoms. The van der Waals surface area contributed by atoms with Gasteiger partial charge >= 0.3 is 0 Å². The lowest BCUT2D eigenvalue weighted by atomic mass is 10.1. The second kappa shape index (κ2) is 10.0. The Kier molecular flexibility index (Phi) is 9.57. The molecule has 1 rings (SSSR count). The maximum absolute atomic E-state index is 5.60. The fraction of sp³-hybridized carbons (Fsp3) is 0.538. The van der Waals surface area contributed by atoms with Crippen LogP contribution >= 0.6 is 24.0 Å². The molecule has 0 saturated heterocycles. The van der Waals surface area contributed by atoms with Crippen molar-refractivity contribution in [3.8, 4) is 17.2 Å². The minimum atomic E-state index is 0. The monoisotopic (exact) mass is 309 g/mol. The molecule has 1 N–H and O–H groups in total. The van der Waals surface area contributed by atoms with Crippen LogP contribution in [-0.4, -0.2) is 40.3 Å². The van der Waals surface area contributed by atoms with Crippen LogP contribution < -0.4 is 19.5 Å². The van der Waals surface area contributed by atoms with Gasteiger partial charge in [0.2, 0.25) is 5.75 Å². The third-order valence-electron chi connectivity index (χ3n) is 2.59. The molecule has 0 bridgehead atoms. The number of nitrogens with one attached hydrogen (secondary N) is 1. The molecule has 0 radical (unpaired) electrons. The van der Waals surface area contributed by atoms with Crippen LogP contribution in [-0.2, 0) is 6.42 Å². The van der Waals surface area contributed by atoms with E-state index in [1.54, 1.807) is 21.3 Å². The molecule has 0 atom stereocenters. The van der Waals surface area contributed by atoms with Gasteiger partial charge < -0.3 is 19.5 Å². The Balaban J connectivity index is 0.00000324. The number of hydrogen-bond acceptors (Lipinski definition) is 4. The topological polar surface area (TPSA) is 39.7 Å². The van der Waals surface area contributed by atoms with Gasteiger partial charge in [0.05, 0.1) is 21.3 Å². The molecular formula is C13H21Cl2NO3. The van der Waals surface area contributed by atoms with Gasteiger partial charge in [-0.1, -0.05) is 0 Å². The van der Waals surface area contributed by atoms with Crippen molar-refractivity contribution in [2.45, 2.75) is 6.42 Å². The number of ether oxygens (including phenoxy) is 3. The van der Waals surface area contributed by atoms with E-state index in [0.29, 0.717) is 23.1 Å². The second-order valence-corrected chi connectivity index (χ2v) is 4.10. The first-order valence-electron chi connectivity index (χ1n) is 5.82. The molecule has 0 aliphatic heterocycles. The van der Waals surface area contributed by atoms with Crippen LogP contribution in [0.5, 0.6) is 17.2 Å². The zero-order valence-electron chi connectivity index (χ0n) is 11.5. The standard InChI is InChI=1S/C13H20ClNO3.ClH/c1-16-11-8-10(4-6-15-7-5-14)9-12(17-2)13(11)18-3;/h8-9,15H,4-7H2,1-3H3;1H. The van der Waals surface area contributed by atoms with Crippen molar-refractivity contribution in [2.24, 2.45) is 0 Å². The van der Waals surface area contributed by atoms with Crippen molar-refractivity contribution in [1.82, 2.24) is 5.32 Å². The molecule has 110 valence electrons. The second-order valence-electron chi connectivity index (χ2n) is 3.72. The highest BCUT2D eigenvalue weighted by molar-refractivity contribution is 6.18. The Morgan fingerprint density at radius 3 is 2.00 bits per heavy atom. The maximum atomic E-state index is 5.60. The zero-order valence-corrected chi connectivity index (χ0v) is 13.1. The third-order valence-corrected chi connectivity index (χ3v) is 2.78. The highest BCUT2D eigenvalue weighted by Crippen LogP contribution is 2.38. The molecule has 1 aromatic carbocycles. The molecule has 1 aromatic rings. The summed E-state index contributed by atoms with van der Waals surface area (Å²) in [6, 6.07) is 3.92. The average Bonchev–Trinajstić information content (AvgIpc) is 2.42. The lowest BCUT2D eigenvalue weighted by Crippen LogP contribution is -2.19. The summed E-state index contributed by atoms with van der Waals surface area (Å²) in [5, 5.41) is 3.24. The summed E-state index contributed by atoms with van der Waals surface area (Å²) in [6.45, 7) is 1.68. The maximum Gasteiger partial charge on any atom is 0.203 e. The summed E-state index contributed by atoms with van der Waals surface area (Å²) >= 11 is 5.60. The van der Waals surface area contributed by atoms with E-state index >= 15 is 0 Å². The lowest BCUT2D eigenvalue weighted by Gasteiger charge is -2.14. The van der Waals surface area contributed by atoms with Crippen LogP contribution in [0, 0.1) is 0 Å². The Hall–Kier alpha value is -0.840. The Morgan fingerprint density at radius 2 is 1.58 bits per heavy atom. The number of benzene rings is 1. The molecule has 0 spiro atoms. The van der Waals surface area contributed by atoms with Gasteiger partial charge in [0, 0.05) is 12.4 Å². The predicted octanol–water partition coefficient (Wildman–Crippen LogP) is 2.51. The molecule has 0 heterocycles. The molecule has 6 heteroatoms. The van der Waals surface area contributed by atoms with Gasteiger partial charge in [-0.05, 0) is 30.7 Å². The van der Waals surface area contributed by atoms with E-state index < -0.39 is 0 Å². The fourth-order valence-corrected chi connectivity index (χ4v) is 1.84. The van der Waals surface area contributed by atoms with Gasteiger partial charge in [-0.25, -0.2) is 0 Å². The average molecular weight is 310 g/mol. The van der Waals surface area contributed by atoms with E-state index in [4.69, 9.17) is 25.8 Å². The summed E-state index contributed by atoms with van der Waals surface area (Å²) < 4.78 is 15.9. The highest BCUT2D eigenvalue weighted by Gasteiger charge is 2.12. The molecule has 0 amide bonds. The third kappa shape index (κ3) is 5.35. The first kappa shape index (κ1) is 18.2. The predicted molar refractivity (Wildman–Crippen MR) is 80.6 cm³/mol. The first-order valence-corrected chi connectivity index (χ1v) is 6.35. The van der Waals surface area contributed by atoms with E-state index in [9.17, 15) is 0 Å². The van der Waals surface area contributed by atoms with Crippen molar-refractivity contribution >= 4 is 24.0 Å². The molecule has 0 aromatic heterocycles. The SMILES string of the molecule is COc1cc(CCNCCCl)cc(OC)c1OC.Cl. The first-order chi connectivity index (χ1) is 8.76. The van der Waals surface area contributed by atoms with Crippen molar-refractivity contribution in [3.63, 3.8) is 0 Å². The van der Waals surface area contributed by atoms with Crippen LogP contribution in [0.3, 0.4) is 0 Å². The quantitative estimate of drug-likeness (QED) is 0.591. The van der Waals surface area contributed by atoms with Crippen LogP contribution in [0.4, 0.5) is 0 Å². The van der Waals surface area contributed by atoms with Gasteiger partial charge in [0.15, 0.2) is 11.5 Å². The van der Waals surface area contributed by atoms with Crippen molar-refractivity contribution in [1.29, 1.82) is 0 Å². The van der Waals surface area contributed by atoms with Gasteiger partial charge in [0.1, 0.15) is 0 Å². The Labute approximate surface area is 125 Å². The van der Waals surface area contributed by atoms with E-state index in [-0.39, 0.29) is 12.4 Å². The van der Waals surface area contributed by atoms with Gasteiger partial charge in [-0.2, -0.15) is 0 Å². The number of alkyl halides is 1. The normalized spacial score (nSPS) is 9.68. The van der Waals surface area contributed by atoms with Crippen LogP contribution in [0.1, 0.15) is 5.56 Å². The van der Waals surface area contributed by atoms with E-state index in [1.807, 2.05) is 12.1 Å². The number of methoxy groups -OCH3 is 3. The molecule has 4 nitrogen and oxygen atoms in total. The number of hydrogen-bond donors (Lipinski definition) is 1. The largest absolute Gasteiger partial charge is 0.493 e. The van der Waals surface area contributed by atoms with Crippen LogP contribution in [0.15, 0.2) is 12.1 Å². The fourth-order valence-electron chi connectivity index (χ4n) is 1.70. The van der Waals surface area contributed by atoms with Crippen LogP contribution in [0.25, 0.3) is 0 Å². The minimum Gasteiger partial charge on any atom is -0.493 e. The summed E-state index contributed by atoms with van der Waals surface area (Å²) in [5.74, 6) is 2.61. The summed E-state index contributed by atoms with van der Waals surface area (Å²) in [5.41, 5.74) is 1.13. The molecule has 0 fully saturated rings. The molecule has 0 saturated carbocycles. The molecule has 0 aliphatic carbocycles. The summed E-state index contributed by atoms with van der Waals surface area (Å²) in [6.07, 6.45) is 0.883. The van der Waals surface area contributed by atoms with Crippen molar-refractivity contribution < 1.29 is 14.2 Å². The summed E-state index contributed by atoms with van der Waals surface area (Å²) in [4.78, 5) is 0. The smallest absolute Gasteiger partial charge is 0.203 e. The van der Waals surface area contributed by atoms with E-state index in [0.717, 1.165) is 25.1 Å². The molecule has 0 aliphatic rings. The van der Waals surface area contributed by atoms with Gasteiger partial charge in [-0.3, -0.25) is 0 Å². The lowest BCUT2D eigenvalue weighted by molar-refractivity contribution is 0.324. The van der Waals surface area contributed by atoms with Crippen LogP contribution in [0.2, 0.25) is 0 Å². The highest BCUT2D eigenvalue weighted by atomic mass is 35.5. The Morgan fingerprint density at radius 1 is 1.00 bits per heavy atom. The number of halogens is 2. The zero-order chi connectivity index (χ0) is 13.4. The summed E-state index contributed by atoms with van der Waals surface area (Å²) in [7, 11) is 4.84.